The summed E-state index contributed by atoms with van der Waals surface area (Å²) in [5, 5.41) is 12.7. The van der Waals surface area contributed by atoms with E-state index >= 15 is 0 Å². The average Bonchev–Trinajstić information content (AvgIpc) is 3.23. The molecule has 1 aromatic carbocycles. The van der Waals surface area contributed by atoms with E-state index in [1.54, 1.807) is 12.1 Å². The lowest BCUT2D eigenvalue weighted by Crippen LogP contribution is -2.42. The zero-order valence-corrected chi connectivity index (χ0v) is 12.2. The van der Waals surface area contributed by atoms with Crippen LogP contribution in [0.2, 0.25) is 0 Å². The van der Waals surface area contributed by atoms with Crippen molar-refractivity contribution >= 4 is 5.69 Å². The van der Waals surface area contributed by atoms with Crippen LogP contribution in [-0.2, 0) is 0 Å². The molecule has 1 aromatic rings. The third-order valence-electron chi connectivity index (χ3n) is 3.78. The van der Waals surface area contributed by atoms with Crippen LogP contribution in [-0.4, -0.2) is 25.2 Å². The van der Waals surface area contributed by atoms with E-state index in [0.29, 0.717) is 11.7 Å². The maximum Gasteiger partial charge on any atom is 0.146 e. The summed E-state index contributed by atoms with van der Waals surface area (Å²) < 4.78 is 13.6. The standard InChI is InChI=1S/C16H22FN3/c1-16(12-18,19-13-8-9-13)10-5-11-20(2)15-7-4-3-6-14(15)17/h3-4,6-7,13,19H,5,8-11H2,1-2H3. The van der Waals surface area contributed by atoms with E-state index < -0.39 is 5.54 Å². The van der Waals surface area contributed by atoms with Gasteiger partial charge in [0.1, 0.15) is 11.4 Å². The zero-order valence-electron chi connectivity index (χ0n) is 12.2. The maximum absolute atomic E-state index is 13.6. The maximum atomic E-state index is 13.6. The highest BCUT2D eigenvalue weighted by atomic mass is 19.1. The Morgan fingerprint density at radius 3 is 2.75 bits per heavy atom. The molecule has 108 valence electrons. The number of nitrogens with one attached hydrogen (secondary N) is 1. The second-order valence-corrected chi connectivity index (χ2v) is 5.84. The van der Waals surface area contributed by atoms with E-state index in [4.69, 9.17) is 0 Å². The van der Waals surface area contributed by atoms with Crippen molar-refractivity contribution in [3.8, 4) is 6.07 Å². The van der Waals surface area contributed by atoms with E-state index in [1.807, 2.05) is 24.9 Å². The fourth-order valence-electron chi connectivity index (χ4n) is 2.39. The summed E-state index contributed by atoms with van der Waals surface area (Å²) in [4.78, 5) is 1.91. The van der Waals surface area contributed by atoms with Crippen LogP contribution in [0, 0.1) is 17.1 Å². The van der Waals surface area contributed by atoms with Crippen LogP contribution in [0.3, 0.4) is 0 Å². The number of para-hydroxylation sites is 1. The van der Waals surface area contributed by atoms with Gasteiger partial charge in [-0.1, -0.05) is 12.1 Å². The van der Waals surface area contributed by atoms with Gasteiger partial charge >= 0.3 is 0 Å². The van der Waals surface area contributed by atoms with Crippen LogP contribution in [0.15, 0.2) is 24.3 Å². The molecule has 0 heterocycles. The van der Waals surface area contributed by atoms with Gasteiger partial charge in [-0.15, -0.1) is 0 Å². The summed E-state index contributed by atoms with van der Waals surface area (Å²) in [5.74, 6) is -0.200. The van der Waals surface area contributed by atoms with Gasteiger partial charge in [0.15, 0.2) is 0 Å². The van der Waals surface area contributed by atoms with Gasteiger partial charge in [-0.2, -0.15) is 5.26 Å². The summed E-state index contributed by atoms with van der Waals surface area (Å²) in [6.07, 6.45) is 3.98. The summed E-state index contributed by atoms with van der Waals surface area (Å²) in [6, 6.07) is 9.67. The minimum atomic E-state index is -0.461. The Labute approximate surface area is 120 Å². The summed E-state index contributed by atoms with van der Waals surface area (Å²) in [5.41, 5.74) is 0.151. The van der Waals surface area contributed by atoms with Gasteiger partial charge in [-0.25, -0.2) is 4.39 Å². The monoisotopic (exact) mass is 275 g/mol. The Morgan fingerprint density at radius 1 is 1.45 bits per heavy atom. The quantitative estimate of drug-likeness (QED) is 0.831. The fraction of sp³-hybridized carbons (Fsp3) is 0.562. The topological polar surface area (TPSA) is 39.1 Å². The summed E-state index contributed by atoms with van der Waals surface area (Å²) in [7, 11) is 1.89. The molecule has 1 aliphatic carbocycles. The molecule has 1 saturated carbocycles. The Hall–Kier alpha value is -1.60. The van der Waals surface area contributed by atoms with Crippen molar-refractivity contribution in [2.45, 2.75) is 44.2 Å². The number of rotatable bonds is 7. The highest BCUT2D eigenvalue weighted by Crippen LogP contribution is 2.25. The van der Waals surface area contributed by atoms with Gasteiger partial charge in [0, 0.05) is 19.6 Å². The number of hydrogen-bond acceptors (Lipinski definition) is 3. The van der Waals surface area contributed by atoms with Crippen molar-refractivity contribution in [2.24, 2.45) is 0 Å². The molecule has 3 nitrogen and oxygen atoms in total. The number of nitriles is 1. The number of halogens is 1. The first kappa shape index (κ1) is 14.8. The Morgan fingerprint density at radius 2 is 2.15 bits per heavy atom. The molecule has 0 spiro atoms. The number of nitrogens with zero attached hydrogens (tertiary/aromatic N) is 2. The predicted molar refractivity (Wildman–Crippen MR) is 79.1 cm³/mol. The first-order valence-electron chi connectivity index (χ1n) is 7.19. The van der Waals surface area contributed by atoms with Crippen molar-refractivity contribution in [3.05, 3.63) is 30.1 Å². The largest absolute Gasteiger partial charge is 0.372 e. The lowest BCUT2D eigenvalue weighted by atomic mass is 9.97. The lowest BCUT2D eigenvalue weighted by molar-refractivity contribution is 0.404. The molecule has 0 bridgehead atoms. The molecule has 1 unspecified atom stereocenters. The van der Waals surface area contributed by atoms with E-state index in [-0.39, 0.29) is 5.82 Å². The van der Waals surface area contributed by atoms with E-state index in [9.17, 15) is 9.65 Å². The van der Waals surface area contributed by atoms with Gasteiger partial charge in [-0.3, -0.25) is 5.32 Å². The molecule has 1 aliphatic rings. The molecule has 0 saturated heterocycles. The first-order chi connectivity index (χ1) is 9.54. The second kappa shape index (κ2) is 6.23. The van der Waals surface area contributed by atoms with Gasteiger partial charge < -0.3 is 4.90 Å². The van der Waals surface area contributed by atoms with Crippen molar-refractivity contribution < 1.29 is 4.39 Å². The zero-order chi connectivity index (χ0) is 14.6. The Balaban J connectivity index is 1.82. The van der Waals surface area contributed by atoms with Crippen LogP contribution < -0.4 is 10.2 Å². The number of hydrogen-bond donors (Lipinski definition) is 1. The predicted octanol–water partition coefficient (Wildman–Crippen LogP) is 3.08. The van der Waals surface area contributed by atoms with E-state index in [2.05, 4.69) is 11.4 Å². The third-order valence-corrected chi connectivity index (χ3v) is 3.78. The third kappa shape index (κ3) is 3.94. The summed E-state index contributed by atoms with van der Waals surface area (Å²) >= 11 is 0. The average molecular weight is 275 g/mol. The lowest BCUT2D eigenvalue weighted by Gasteiger charge is -2.25. The highest BCUT2D eigenvalue weighted by Gasteiger charge is 2.32. The first-order valence-corrected chi connectivity index (χ1v) is 7.19. The normalized spacial score (nSPS) is 17.3. The van der Waals surface area contributed by atoms with Crippen LogP contribution in [0.1, 0.15) is 32.6 Å². The molecule has 4 heteroatoms. The molecule has 0 amide bonds. The molecule has 0 aliphatic heterocycles. The van der Waals surface area contributed by atoms with Crippen LogP contribution >= 0.6 is 0 Å². The van der Waals surface area contributed by atoms with Gasteiger partial charge in [-0.05, 0) is 44.7 Å². The SMILES string of the molecule is CN(CCCC(C)(C#N)NC1CC1)c1ccccc1F. The minimum Gasteiger partial charge on any atom is -0.372 e. The smallest absolute Gasteiger partial charge is 0.146 e. The molecule has 0 radical (unpaired) electrons. The van der Waals surface area contributed by atoms with E-state index in [0.717, 1.165) is 19.4 Å². The fourth-order valence-corrected chi connectivity index (χ4v) is 2.39. The molecule has 1 atom stereocenters. The number of benzene rings is 1. The molecule has 20 heavy (non-hydrogen) atoms. The number of anilines is 1. The van der Waals surface area contributed by atoms with Crippen molar-refractivity contribution in [1.82, 2.24) is 5.32 Å². The van der Waals surface area contributed by atoms with Gasteiger partial charge in [0.05, 0.1) is 11.8 Å². The van der Waals surface area contributed by atoms with Crippen LogP contribution in [0.25, 0.3) is 0 Å². The van der Waals surface area contributed by atoms with E-state index in [1.165, 1.54) is 18.9 Å². The van der Waals surface area contributed by atoms with Crippen LogP contribution in [0.5, 0.6) is 0 Å². The minimum absolute atomic E-state index is 0.200. The van der Waals surface area contributed by atoms with Crippen molar-refractivity contribution in [2.75, 3.05) is 18.5 Å². The highest BCUT2D eigenvalue weighted by molar-refractivity contribution is 5.46. The molecular weight excluding hydrogens is 253 g/mol. The van der Waals surface area contributed by atoms with Gasteiger partial charge in [0.25, 0.3) is 0 Å². The van der Waals surface area contributed by atoms with Crippen molar-refractivity contribution in [3.63, 3.8) is 0 Å². The van der Waals surface area contributed by atoms with Gasteiger partial charge in [0.2, 0.25) is 0 Å². The Bertz CT molecular complexity index is 493. The second-order valence-electron chi connectivity index (χ2n) is 5.84. The van der Waals surface area contributed by atoms with Crippen molar-refractivity contribution in [1.29, 1.82) is 5.26 Å². The molecule has 2 rings (SSSR count). The molecule has 1 N–H and O–H groups in total. The van der Waals surface area contributed by atoms with Crippen LogP contribution in [0.4, 0.5) is 10.1 Å². The summed E-state index contributed by atoms with van der Waals surface area (Å²) in [6.45, 7) is 2.69. The molecule has 1 fully saturated rings. The Kier molecular flexibility index (Phi) is 4.61. The molecular formula is C16H22FN3. The molecule has 0 aromatic heterocycles.